The summed E-state index contributed by atoms with van der Waals surface area (Å²) in [5.74, 6) is 1.47. The Hall–Kier alpha value is -3.92. The van der Waals surface area contributed by atoms with E-state index in [2.05, 4.69) is 15.5 Å². The van der Waals surface area contributed by atoms with E-state index in [0.717, 1.165) is 73.4 Å². The fourth-order valence-corrected chi connectivity index (χ4v) is 6.62. The predicted octanol–water partition coefficient (Wildman–Crippen LogP) is 6.99. The van der Waals surface area contributed by atoms with Crippen LogP contribution in [0.2, 0.25) is 5.02 Å². The molecule has 1 saturated heterocycles. The average molecular weight is 632 g/mol. The zero-order chi connectivity index (χ0) is 30.9. The van der Waals surface area contributed by atoms with Crippen molar-refractivity contribution in [3.63, 3.8) is 0 Å². The van der Waals surface area contributed by atoms with E-state index < -0.39 is 11.9 Å². The Balaban J connectivity index is 1.12. The van der Waals surface area contributed by atoms with Crippen LogP contribution in [0.25, 0.3) is 16.6 Å². The molecule has 234 valence electrons. The van der Waals surface area contributed by atoms with E-state index in [-0.39, 0.29) is 18.7 Å². The molecule has 8 nitrogen and oxygen atoms in total. The molecule has 3 aliphatic rings. The van der Waals surface area contributed by atoms with Gasteiger partial charge in [-0.05, 0) is 67.7 Å². The molecule has 1 unspecified atom stereocenters. The third-order valence-electron chi connectivity index (χ3n) is 8.85. The molecule has 3 aromatic carbocycles. The van der Waals surface area contributed by atoms with E-state index in [9.17, 15) is 9.18 Å². The highest BCUT2D eigenvalue weighted by Gasteiger charge is 2.29. The Morgan fingerprint density at radius 1 is 1.16 bits per heavy atom. The maximum Gasteiger partial charge on any atom is 0.337 e. The molecule has 0 amide bonds. The van der Waals surface area contributed by atoms with Crippen LogP contribution in [-0.4, -0.2) is 59.9 Å². The number of rotatable bonds is 7. The molecule has 4 aromatic rings. The van der Waals surface area contributed by atoms with Crippen LogP contribution in [0.4, 0.5) is 4.39 Å². The van der Waals surface area contributed by atoms with Gasteiger partial charge in [0.1, 0.15) is 18.2 Å². The Kier molecular flexibility index (Phi) is 8.49. The lowest BCUT2D eigenvalue weighted by Gasteiger charge is -2.31. The Bertz CT molecular complexity index is 1770. The largest absolute Gasteiger partial charge is 0.485 e. The van der Waals surface area contributed by atoms with Crippen molar-refractivity contribution in [2.75, 3.05) is 33.4 Å². The van der Waals surface area contributed by atoms with Crippen LogP contribution >= 0.6 is 11.6 Å². The van der Waals surface area contributed by atoms with Crippen LogP contribution in [0.1, 0.15) is 59.1 Å². The molecule has 0 saturated carbocycles. The van der Waals surface area contributed by atoms with Crippen molar-refractivity contribution >= 4 is 34.2 Å². The number of esters is 1. The molecule has 0 bridgehead atoms. The van der Waals surface area contributed by atoms with E-state index in [0.29, 0.717) is 40.7 Å². The number of methoxy groups -OCH3 is 1. The van der Waals surface area contributed by atoms with Gasteiger partial charge in [-0.15, -0.1) is 0 Å². The van der Waals surface area contributed by atoms with Crippen LogP contribution in [0.3, 0.4) is 0 Å². The summed E-state index contributed by atoms with van der Waals surface area (Å²) in [6, 6.07) is 16.0. The summed E-state index contributed by atoms with van der Waals surface area (Å²) in [7, 11) is 1.39. The number of hydrogen-bond donors (Lipinski definition) is 0. The average Bonchev–Trinajstić information content (AvgIpc) is 3.40. The zero-order valence-electron chi connectivity index (χ0n) is 25.1. The van der Waals surface area contributed by atoms with Crippen molar-refractivity contribution in [2.24, 2.45) is 0 Å². The molecule has 45 heavy (non-hydrogen) atoms. The number of ether oxygens (including phenoxy) is 4. The maximum absolute atomic E-state index is 14.7. The fourth-order valence-electron chi connectivity index (χ4n) is 6.46. The third kappa shape index (κ3) is 6.17. The summed E-state index contributed by atoms with van der Waals surface area (Å²) >= 11 is 5.97. The Labute approximate surface area is 266 Å². The van der Waals surface area contributed by atoms with Crippen molar-refractivity contribution in [3.8, 4) is 11.5 Å². The van der Waals surface area contributed by atoms with Crippen molar-refractivity contribution in [2.45, 2.75) is 51.0 Å². The molecule has 3 aliphatic heterocycles. The summed E-state index contributed by atoms with van der Waals surface area (Å²) in [6.07, 6.45) is 5.80. The minimum atomic E-state index is -0.572. The van der Waals surface area contributed by atoms with E-state index in [1.165, 1.54) is 13.2 Å². The molecular weight excluding hydrogens is 597 g/mol. The monoisotopic (exact) mass is 631 g/mol. The molecular formula is C35H35ClFN3O5. The van der Waals surface area contributed by atoms with Gasteiger partial charge in [0.25, 0.3) is 0 Å². The topological polar surface area (TPSA) is 75.0 Å². The number of carbonyl (C=O) groups is 1. The summed E-state index contributed by atoms with van der Waals surface area (Å²) in [4.78, 5) is 19.7. The number of imidazole rings is 1. The molecule has 0 N–H and O–H groups in total. The fraction of sp³-hybridized carbons (Fsp3) is 0.371. The number of hydrogen-bond acceptors (Lipinski definition) is 7. The minimum Gasteiger partial charge on any atom is -0.485 e. The van der Waals surface area contributed by atoms with Gasteiger partial charge in [-0.2, -0.15) is 0 Å². The standard InChI is InChI=1S/C35H35ClFN3O5/c1-42-35(41)23-8-11-29-30(17-23)40(19-25-5-2-3-16-43-25)33(38-29)20-39-14-12-22(13-15-39)26-6-4-7-31-34(26)45-32(21-44-31)27-10-9-24(36)18-28(27)37/h4,6-12,17-18,25,32H,2-3,5,13-16,19-21H2,1H3/t25?,32-/m1/s1. The van der Waals surface area contributed by atoms with Gasteiger partial charge in [0.05, 0.1) is 42.9 Å². The molecule has 0 spiro atoms. The maximum atomic E-state index is 14.7. The normalized spacial score (nSPS) is 20.2. The number of carbonyl (C=O) groups excluding carboxylic acids is 1. The van der Waals surface area contributed by atoms with Crippen molar-refractivity contribution in [3.05, 3.63) is 94.0 Å². The zero-order valence-corrected chi connectivity index (χ0v) is 25.9. The second kappa shape index (κ2) is 12.8. The van der Waals surface area contributed by atoms with Gasteiger partial charge in [-0.3, -0.25) is 4.90 Å². The number of halogens is 2. The first kappa shape index (κ1) is 29.8. The number of benzene rings is 3. The van der Waals surface area contributed by atoms with Gasteiger partial charge in [-0.25, -0.2) is 14.2 Å². The van der Waals surface area contributed by atoms with Crippen LogP contribution in [-0.2, 0) is 22.6 Å². The molecule has 10 heteroatoms. The van der Waals surface area contributed by atoms with Crippen molar-refractivity contribution < 1.29 is 28.1 Å². The van der Waals surface area contributed by atoms with Crippen LogP contribution in [0, 0.1) is 5.82 Å². The highest BCUT2D eigenvalue weighted by atomic mass is 35.5. The lowest BCUT2D eigenvalue weighted by Crippen LogP contribution is -2.31. The van der Waals surface area contributed by atoms with E-state index in [1.807, 2.05) is 30.3 Å². The Morgan fingerprint density at radius 2 is 2.07 bits per heavy atom. The second-order valence-corrected chi connectivity index (χ2v) is 12.2. The van der Waals surface area contributed by atoms with Gasteiger partial charge in [0.15, 0.2) is 17.6 Å². The summed E-state index contributed by atoms with van der Waals surface area (Å²) in [6.45, 7) is 3.88. The van der Waals surface area contributed by atoms with E-state index in [4.69, 9.17) is 35.5 Å². The molecule has 4 heterocycles. The first-order valence-corrected chi connectivity index (χ1v) is 15.8. The van der Waals surface area contributed by atoms with Crippen molar-refractivity contribution in [1.82, 2.24) is 14.5 Å². The predicted molar refractivity (Wildman–Crippen MR) is 169 cm³/mol. The van der Waals surface area contributed by atoms with E-state index in [1.54, 1.807) is 18.2 Å². The van der Waals surface area contributed by atoms with Gasteiger partial charge < -0.3 is 23.5 Å². The first-order valence-electron chi connectivity index (χ1n) is 15.4. The first-order chi connectivity index (χ1) is 22.0. The lowest BCUT2D eigenvalue weighted by atomic mass is 9.97. The molecule has 0 aliphatic carbocycles. The minimum absolute atomic E-state index is 0.112. The molecule has 0 radical (unpaired) electrons. The molecule has 2 atom stereocenters. The smallest absolute Gasteiger partial charge is 0.337 e. The van der Waals surface area contributed by atoms with Gasteiger partial charge in [0.2, 0.25) is 0 Å². The van der Waals surface area contributed by atoms with Gasteiger partial charge in [-0.1, -0.05) is 35.9 Å². The third-order valence-corrected chi connectivity index (χ3v) is 9.09. The van der Waals surface area contributed by atoms with Crippen LogP contribution < -0.4 is 9.47 Å². The second-order valence-electron chi connectivity index (χ2n) is 11.8. The summed E-state index contributed by atoms with van der Waals surface area (Å²) < 4.78 is 40.4. The molecule has 1 aromatic heterocycles. The Morgan fingerprint density at radius 3 is 2.84 bits per heavy atom. The number of fused-ring (bicyclic) bond motifs is 2. The van der Waals surface area contributed by atoms with E-state index >= 15 is 0 Å². The highest BCUT2D eigenvalue weighted by molar-refractivity contribution is 6.30. The summed E-state index contributed by atoms with van der Waals surface area (Å²) in [5.41, 5.74) is 4.81. The lowest BCUT2D eigenvalue weighted by molar-refractivity contribution is 0.00590. The quantitative estimate of drug-likeness (QED) is 0.204. The van der Waals surface area contributed by atoms with Gasteiger partial charge >= 0.3 is 5.97 Å². The number of aromatic nitrogens is 2. The summed E-state index contributed by atoms with van der Waals surface area (Å²) in [5, 5.41) is 0.342. The SMILES string of the molecule is COC(=O)c1ccc2nc(CN3CC=C(c4cccc5c4O[C@@H](c4ccc(Cl)cc4F)CO5)CC3)n(CC3CCCCO3)c2c1. The molecule has 1 fully saturated rings. The number of para-hydroxylation sites is 1. The van der Waals surface area contributed by atoms with Gasteiger partial charge in [0, 0.05) is 35.8 Å². The van der Waals surface area contributed by atoms with Crippen LogP contribution in [0.5, 0.6) is 11.5 Å². The number of nitrogens with zero attached hydrogens (tertiary/aromatic N) is 3. The highest BCUT2D eigenvalue weighted by Crippen LogP contribution is 2.43. The van der Waals surface area contributed by atoms with Crippen molar-refractivity contribution in [1.29, 1.82) is 0 Å². The molecule has 7 rings (SSSR count). The van der Waals surface area contributed by atoms with Crippen LogP contribution in [0.15, 0.2) is 60.7 Å².